The molecule has 1 unspecified atom stereocenters. The van der Waals surface area contributed by atoms with E-state index in [1.54, 1.807) is 0 Å². The second-order valence-electron chi connectivity index (χ2n) is 3.28. The van der Waals surface area contributed by atoms with Gasteiger partial charge in [0.15, 0.2) is 5.92 Å². The van der Waals surface area contributed by atoms with Crippen LogP contribution >= 0.6 is 0 Å². The summed E-state index contributed by atoms with van der Waals surface area (Å²) in [6.07, 6.45) is -6.05. The van der Waals surface area contributed by atoms with Crippen molar-refractivity contribution < 1.29 is 36.3 Å². The fourth-order valence-electron chi connectivity index (χ4n) is 1.05. The number of ether oxygens (including phenoxy) is 1. The highest BCUT2D eigenvalue weighted by atomic mass is 19.4. The Balaban J connectivity index is 5.36. The zero-order valence-corrected chi connectivity index (χ0v) is 9.40. The number of ketones is 1. The predicted molar refractivity (Wildman–Crippen MR) is 49.5 cm³/mol. The number of hydrogen-bond donors (Lipinski definition) is 1. The maximum atomic E-state index is 12.8. The maximum absolute atomic E-state index is 12.8. The fourth-order valence-corrected chi connectivity index (χ4v) is 1.05. The summed E-state index contributed by atoms with van der Waals surface area (Å²) in [5.74, 6) is -11.0. The van der Waals surface area contributed by atoms with E-state index in [0.717, 1.165) is 0 Å². The molecule has 1 N–H and O–H groups in total. The molecule has 18 heavy (non-hydrogen) atoms. The molecule has 0 aliphatic carbocycles. The lowest BCUT2D eigenvalue weighted by Gasteiger charge is -2.23. The zero-order valence-electron chi connectivity index (χ0n) is 9.40. The van der Waals surface area contributed by atoms with Crippen LogP contribution in [0.15, 0.2) is 0 Å². The average Bonchev–Trinajstić information content (AvgIpc) is 2.15. The first-order valence-corrected chi connectivity index (χ1v) is 4.67. The van der Waals surface area contributed by atoms with Crippen molar-refractivity contribution in [3.63, 3.8) is 0 Å². The highest BCUT2D eigenvalue weighted by Crippen LogP contribution is 2.38. The van der Waals surface area contributed by atoms with Crippen LogP contribution in [0.25, 0.3) is 0 Å². The van der Waals surface area contributed by atoms with E-state index in [2.05, 4.69) is 4.74 Å². The normalized spacial score (nSPS) is 13.9. The van der Waals surface area contributed by atoms with Crippen molar-refractivity contribution in [1.29, 1.82) is 5.41 Å². The van der Waals surface area contributed by atoms with Gasteiger partial charge in [0, 0.05) is 0 Å². The molecule has 0 aromatic rings. The predicted octanol–water partition coefficient (Wildman–Crippen LogP) is 1.97. The number of esters is 1. The van der Waals surface area contributed by atoms with Gasteiger partial charge in [0.1, 0.15) is 11.5 Å². The molecule has 0 fully saturated rings. The number of hydrogen-bond acceptors (Lipinski definition) is 4. The van der Waals surface area contributed by atoms with Crippen molar-refractivity contribution >= 4 is 17.5 Å². The summed E-state index contributed by atoms with van der Waals surface area (Å²) in [7, 11) is 0. The highest BCUT2D eigenvalue weighted by Gasteiger charge is 2.63. The number of halogens is 5. The van der Waals surface area contributed by atoms with Crippen LogP contribution in [-0.4, -0.2) is 36.2 Å². The molecule has 4 nitrogen and oxygen atoms in total. The van der Waals surface area contributed by atoms with Gasteiger partial charge in [0.25, 0.3) is 0 Å². The van der Waals surface area contributed by atoms with Gasteiger partial charge in [-0.25, -0.2) is 0 Å². The SMILES string of the molecule is CCOC(=O)C(C(=N)C(F)(F)C(F)(F)F)C(C)=O. The monoisotopic (exact) mass is 275 g/mol. The lowest BCUT2D eigenvalue weighted by atomic mass is 9.94. The van der Waals surface area contributed by atoms with Crippen LogP contribution in [-0.2, 0) is 14.3 Å². The number of carbonyl (C=O) groups excluding carboxylic acids is 2. The van der Waals surface area contributed by atoms with Crippen LogP contribution in [0.3, 0.4) is 0 Å². The van der Waals surface area contributed by atoms with Crippen LogP contribution in [0.4, 0.5) is 22.0 Å². The molecule has 9 heteroatoms. The van der Waals surface area contributed by atoms with Gasteiger partial charge < -0.3 is 10.1 Å². The molecule has 0 radical (unpaired) electrons. The van der Waals surface area contributed by atoms with Gasteiger partial charge in [-0.1, -0.05) is 0 Å². The third-order valence-corrected chi connectivity index (χ3v) is 1.91. The van der Waals surface area contributed by atoms with E-state index < -0.39 is 35.5 Å². The molecule has 0 aliphatic heterocycles. The Morgan fingerprint density at radius 3 is 1.94 bits per heavy atom. The van der Waals surface area contributed by atoms with Gasteiger partial charge in [-0.05, 0) is 13.8 Å². The van der Waals surface area contributed by atoms with E-state index in [1.165, 1.54) is 6.92 Å². The molecule has 104 valence electrons. The summed E-state index contributed by atoms with van der Waals surface area (Å²) in [6.45, 7) is 1.59. The van der Waals surface area contributed by atoms with E-state index in [1.807, 2.05) is 0 Å². The van der Waals surface area contributed by atoms with Gasteiger partial charge in [0.2, 0.25) is 0 Å². The molecule has 0 aromatic carbocycles. The molecule has 0 spiro atoms. The molecule has 0 amide bonds. The van der Waals surface area contributed by atoms with Crippen molar-refractivity contribution in [2.24, 2.45) is 5.92 Å². The Morgan fingerprint density at radius 1 is 1.22 bits per heavy atom. The van der Waals surface area contributed by atoms with Crippen LogP contribution < -0.4 is 0 Å². The molecule has 0 aromatic heterocycles. The van der Waals surface area contributed by atoms with E-state index in [-0.39, 0.29) is 6.61 Å². The van der Waals surface area contributed by atoms with Crippen molar-refractivity contribution in [3.8, 4) is 0 Å². The van der Waals surface area contributed by atoms with E-state index in [0.29, 0.717) is 6.92 Å². The van der Waals surface area contributed by atoms with Crippen molar-refractivity contribution in [2.75, 3.05) is 6.61 Å². The first kappa shape index (κ1) is 16.5. The minimum absolute atomic E-state index is 0.312. The number of nitrogens with one attached hydrogen (secondary N) is 1. The molecule has 0 saturated heterocycles. The fraction of sp³-hybridized carbons (Fsp3) is 0.667. The molecular weight excluding hydrogens is 265 g/mol. The highest BCUT2D eigenvalue weighted by molar-refractivity contribution is 6.19. The number of carbonyl (C=O) groups is 2. The second kappa shape index (κ2) is 5.40. The Hall–Kier alpha value is -1.54. The Morgan fingerprint density at radius 2 is 1.67 bits per heavy atom. The molecule has 0 bridgehead atoms. The van der Waals surface area contributed by atoms with Crippen LogP contribution in [0.1, 0.15) is 13.8 Å². The van der Waals surface area contributed by atoms with Crippen molar-refractivity contribution in [2.45, 2.75) is 25.9 Å². The topological polar surface area (TPSA) is 67.2 Å². The first-order chi connectivity index (χ1) is 7.96. The molecule has 0 aliphatic rings. The van der Waals surface area contributed by atoms with Gasteiger partial charge in [0.05, 0.1) is 6.61 Å². The molecule has 1 atom stereocenters. The zero-order chi connectivity index (χ0) is 14.7. The summed E-state index contributed by atoms with van der Waals surface area (Å²) in [5.41, 5.74) is -2.33. The Kier molecular flexibility index (Phi) is 4.94. The van der Waals surface area contributed by atoms with Crippen molar-refractivity contribution in [1.82, 2.24) is 0 Å². The van der Waals surface area contributed by atoms with Gasteiger partial charge in [-0.2, -0.15) is 22.0 Å². The summed E-state index contributed by atoms with van der Waals surface area (Å²) < 4.78 is 65.9. The third-order valence-electron chi connectivity index (χ3n) is 1.91. The third kappa shape index (κ3) is 3.23. The molecular formula is C9H10F5NO3. The lowest BCUT2D eigenvalue weighted by molar-refractivity contribution is -0.250. The first-order valence-electron chi connectivity index (χ1n) is 4.67. The summed E-state index contributed by atoms with van der Waals surface area (Å²) in [4.78, 5) is 22.0. The number of rotatable bonds is 5. The van der Waals surface area contributed by atoms with Crippen LogP contribution in [0.2, 0.25) is 0 Å². The maximum Gasteiger partial charge on any atom is 0.459 e. The number of alkyl halides is 5. The van der Waals surface area contributed by atoms with Crippen molar-refractivity contribution in [3.05, 3.63) is 0 Å². The van der Waals surface area contributed by atoms with E-state index in [4.69, 9.17) is 5.41 Å². The Labute approximate surface area is 98.6 Å². The molecule has 0 heterocycles. The number of Topliss-reactive ketones (excluding diaryl/α,β-unsaturated/α-hetero) is 1. The van der Waals surface area contributed by atoms with Crippen LogP contribution in [0, 0.1) is 11.3 Å². The van der Waals surface area contributed by atoms with E-state index in [9.17, 15) is 31.5 Å². The van der Waals surface area contributed by atoms with Gasteiger partial charge in [-0.15, -0.1) is 0 Å². The summed E-state index contributed by atoms with van der Waals surface area (Å²) in [6, 6.07) is 0. The summed E-state index contributed by atoms with van der Waals surface area (Å²) in [5, 5.41) is 6.75. The average molecular weight is 275 g/mol. The largest absolute Gasteiger partial charge is 0.465 e. The minimum atomic E-state index is -6.05. The van der Waals surface area contributed by atoms with Crippen LogP contribution in [0.5, 0.6) is 0 Å². The van der Waals surface area contributed by atoms with Gasteiger partial charge >= 0.3 is 18.1 Å². The Bertz CT molecular complexity index is 364. The standard InChI is InChI=1S/C9H10F5NO3/c1-3-18-7(17)5(4(2)16)6(15)8(10,11)9(12,13)14/h5,15H,3H2,1-2H3. The molecule has 0 rings (SSSR count). The molecule has 0 saturated carbocycles. The van der Waals surface area contributed by atoms with Gasteiger partial charge in [-0.3, -0.25) is 9.59 Å². The lowest BCUT2D eigenvalue weighted by Crippen LogP contribution is -2.50. The second-order valence-corrected chi connectivity index (χ2v) is 3.28. The van der Waals surface area contributed by atoms with E-state index >= 15 is 0 Å². The summed E-state index contributed by atoms with van der Waals surface area (Å²) >= 11 is 0. The minimum Gasteiger partial charge on any atom is -0.465 e. The smallest absolute Gasteiger partial charge is 0.459 e. The quantitative estimate of drug-likeness (QED) is 0.361.